The molecular weight excluding hydrogens is 471 g/mol. The van der Waals surface area contributed by atoms with Crippen molar-refractivity contribution in [2.75, 3.05) is 11.1 Å². The zero-order valence-corrected chi connectivity index (χ0v) is 19.4. The molecule has 35 heavy (non-hydrogen) atoms. The van der Waals surface area contributed by atoms with Gasteiger partial charge in [-0.3, -0.25) is 14.3 Å². The van der Waals surface area contributed by atoms with Gasteiger partial charge in [0.15, 0.2) is 5.82 Å². The monoisotopic (exact) mass is 490 g/mol. The maximum atomic E-state index is 14.9. The number of hydrogen-bond acceptors (Lipinski definition) is 8. The van der Waals surface area contributed by atoms with Crippen LogP contribution < -0.4 is 16.6 Å². The SMILES string of the molecule is Cc1nc(N)c(C#N)c(N[C@@H](CC2CC2)c2nc3c(F)ccc(Cl)c3c(=O)n2-c2cccnc2)n1. The Morgan fingerprint density at radius 1 is 1.31 bits per heavy atom. The van der Waals surface area contributed by atoms with E-state index < -0.39 is 17.4 Å². The van der Waals surface area contributed by atoms with Gasteiger partial charge in [-0.2, -0.15) is 5.26 Å². The highest BCUT2D eigenvalue weighted by molar-refractivity contribution is 6.35. The Balaban J connectivity index is 1.78. The Morgan fingerprint density at radius 2 is 2.11 bits per heavy atom. The van der Waals surface area contributed by atoms with Crippen molar-refractivity contribution in [1.29, 1.82) is 5.26 Å². The van der Waals surface area contributed by atoms with E-state index in [9.17, 15) is 14.4 Å². The molecule has 4 aromatic rings. The molecule has 0 unspecified atom stereocenters. The molecule has 0 amide bonds. The third-order valence-corrected chi connectivity index (χ3v) is 6.22. The first kappa shape index (κ1) is 22.7. The summed E-state index contributed by atoms with van der Waals surface area (Å²) in [5.74, 6) is 0.609. The van der Waals surface area contributed by atoms with Gasteiger partial charge in [0.05, 0.1) is 28.3 Å². The van der Waals surface area contributed by atoms with E-state index in [1.54, 1.807) is 25.3 Å². The van der Waals surface area contributed by atoms with E-state index in [4.69, 9.17) is 17.3 Å². The van der Waals surface area contributed by atoms with E-state index in [1.165, 1.54) is 22.9 Å². The third kappa shape index (κ3) is 4.26. The molecule has 1 aliphatic carbocycles. The molecule has 5 rings (SSSR count). The summed E-state index contributed by atoms with van der Waals surface area (Å²) >= 11 is 6.31. The van der Waals surface area contributed by atoms with Crippen LogP contribution in [0, 0.1) is 30.0 Å². The number of nitrogens with two attached hydrogens (primary N) is 1. The average molecular weight is 491 g/mol. The van der Waals surface area contributed by atoms with Crippen LogP contribution in [0.3, 0.4) is 0 Å². The summed E-state index contributed by atoms with van der Waals surface area (Å²) in [5.41, 5.74) is 5.84. The number of nitriles is 1. The fraction of sp³-hybridized carbons (Fsp3) is 0.250. The van der Waals surface area contributed by atoms with Crippen LogP contribution in [0.5, 0.6) is 0 Å². The summed E-state index contributed by atoms with van der Waals surface area (Å²) in [6, 6.07) is 7.35. The molecule has 1 aromatic carbocycles. The smallest absolute Gasteiger partial charge is 0.267 e. The van der Waals surface area contributed by atoms with Gasteiger partial charge in [-0.05, 0) is 43.5 Å². The summed E-state index contributed by atoms with van der Waals surface area (Å²) in [6.07, 6.45) is 5.71. The molecule has 1 saturated carbocycles. The number of nitrogens with one attached hydrogen (secondary N) is 1. The highest BCUT2D eigenvalue weighted by atomic mass is 35.5. The number of nitrogen functional groups attached to an aromatic ring is 1. The van der Waals surface area contributed by atoms with Crippen molar-refractivity contribution in [2.45, 2.75) is 32.2 Å². The first-order chi connectivity index (χ1) is 16.9. The van der Waals surface area contributed by atoms with Crippen LogP contribution in [0.2, 0.25) is 5.02 Å². The molecular formula is C24H20ClFN8O. The Hall–Kier alpha value is -4.10. The second-order valence-electron chi connectivity index (χ2n) is 8.44. The number of aryl methyl sites for hydroxylation is 1. The van der Waals surface area contributed by atoms with Crippen molar-refractivity contribution < 1.29 is 4.39 Å². The number of benzene rings is 1. The molecule has 0 aliphatic heterocycles. The molecule has 1 atom stereocenters. The van der Waals surface area contributed by atoms with Gasteiger partial charge in [0.1, 0.15) is 40.4 Å². The molecule has 9 nitrogen and oxygen atoms in total. The third-order valence-electron chi connectivity index (χ3n) is 5.90. The largest absolute Gasteiger partial charge is 0.382 e. The van der Waals surface area contributed by atoms with Crippen LogP contribution in [-0.4, -0.2) is 24.5 Å². The van der Waals surface area contributed by atoms with Gasteiger partial charge in [0.25, 0.3) is 5.56 Å². The predicted molar refractivity (Wildman–Crippen MR) is 130 cm³/mol. The summed E-state index contributed by atoms with van der Waals surface area (Å²) in [7, 11) is 0. The lowest BCUT2D eigenvalue weighted by Gasteiger charge is -2.24. The van der Waals surface area contributed by atoms with Crippen molar-refractivity contribution >= 4 is 34.1 Å². The van der Waals surface area contributed by atoms with E-state index in [0.717, 1.165) is 12.8 Å². The van der Waals surface area contributed by atoms with Crippen LogP contribution in [0.4, 0.5) is 16.0 Å². The molecule has 0 saturated heterocycles. The highest BCUT2D eigenvalue weighted by Gasteiger charge is 2.31. The molecule has 0 radical (unpaired) electrons. The Kier molecular flexibility index (Phi) is 5.78. The molecule has 3 N–H and O–H groups in total. The van der Waals surface area contributed by atoms with Crippen molar-refractivity contribution in [2.24, 2.45) is 5.92 Å². The number of nitrogens with zero attached hydrogens (tertiary/aromatic N) is 6. The molecule has 0 spiro atoms. The van der Waals surface area contributed by atoms with Gasteiger partial charge in [0.2, 0.25) is 0 Å². The van der Waals surface area contributed by atoms with Gasteiger partial charge in [-0.1, -0.05) is 24.4 Å². The number of halogens is 2. The zero-order chi connectivity index (χ0) is 24.7. The Morgan fingerprint density at radius 3 is 2.80 bits per heavy atom. The molecule has 3 heterocycles. The van der Waals surface area contributed by atoms with Gasteiger partial charge >= 0.3 is 0 Å². The summed E-state index contributed by atoms with van der Waals surface area (Å²) in [5, 5.41) is 13.0. The maximum absolute atomic E-state index is 14.9. The summed E-state index contributed by atoms with van der Waals surface area (Å²) < 4.78 is 16.2. The summed E-state index contributed by atoms with van der Waals surface area (Å²) in [6.45, 7) is 1.66. The average Bonchev–Trinajstić information content (AvgIpc) is 3.65. The van der Waals surface area contributed by atoms with Crippen LogP contribution >= 0.6 is 11.6 Å². The lowest BCUT2D eigenvalue weighted by atomic mass is 10.1. The number of rotatable bonds is 6. The van der Waals surface area contributed by atoms with E-state index in [-0.39, 0.29) is 38.9 Å². The van der Waals surface area contributed by atoms with E-state index in [2.05, 4.69) is 25.3 Å². The number of aromatic nitrogens is 5. The minimum absolute atomic E-state index is 0.0238. The van der Waals surface area contributed by atoms with Gasteiger partial charge in [-0.15, -0.1) is 0 Å². The Labute approximate surface area is 204 Å². The van der Waals surface area contributed by atoms with Crippen molar-refractivity contribution in [1.82, 2.24) is 24.5 Å². The van der Waals surface area contributed by atoms with Crippen LogP contribution in [0.25, 0.3) is 16.6 Å². The van der Waals surface area contributed by atoms with Crippen molar-refractivity contribution in [3.8, 4) is 11.8 Å². The summed E-state index contributed by atoms with van der Waals surface area (Å²) in [4.78, 5) is 30.9. The van der Waals surface area contributed by atoms with E-state index in [1.807, 2.05) is 6.07 Å². The minimum Gasteiger partial charge on any atom is -0.382 e. The standard InChI is InChI=1S/C24H20ClFN8O/c1-12-30-21(28)15(10-27)22(31-12)32-18(9-13-4-5-13)23-33-20-17(26)7-6-16(25)19(20)24(35)34(23)14-3-2-8-29-11-14/h2-3,6-8,11,13,18H,4-5,9H2,1H3,(H3,28,30,31,32)/t18-/m0/s1. The molecule has 176 valence electrons. The first-order valence-electron chi connectivity index (χ1n) is 11.0. The van der Waals surface area contributed by atoms with Crippen molar-refractivity contribution in [3.63, 3.8) is 0 Å². The van der Waals surface area contributed by atoms with Crippen LogP contribution in [0.15, 0.2) is 41.5 Å². The number of hydrogen-bond donors (Lipinski definition) is 2. The predicted octanol–water partition coefficient (Wildman–Crippen LogP) is 4.08. The Bertz CT molecular complexity index is 1550. The van der Waals surface area contributed by atoms with Crippen LogP contribution in [0.1, 0.15) is 42.5 Å². The normalized spacial score (nSPS) is 14.0. The molecule has 3 aromatic heterocycles. The molecule has 1 aliphatic rings. The van der Waals surface area contributed by atoms with Gasteiger partial charge < -0.3 is 11.1 Å². The fourth-order valence-electron chi connectivity index (χ4n) is 4.09. The highest BCUT2D eigenvalue weighted by Crippen LogP contribution is 2.39. The van der Waals surface area contributed by atoms with Crippen LogP contribution in [-0.2, 0) is 0 Å². The second-order valence-corrected chi connectivity index (χ2v) is 8.85. The molecule has 11 heteroatoms. The zero-order valence-electron chi connectivity index (χ0n) is 18.7. The number of fused-ring (bicyclic) bond motifs is 1. The lowest BCUT2D eigenvalue weighted by Crippen LogP contribution is -2.29. The fourth-order valence-corrected chi connectivity index (χ4v) is 4.33. The quantitative estimate of drug-likeness (QED) is 0.412. The minimum atomic E-state index is -0.661. The topological polar surface area (TPSA) is 135 Å². The maximum Gasteiger partial charge on any atom is 0.267 e. The van der Waals surface area contributed by atoms with Gasteiger partial charge in [0, 0.05) is 6.20 Å². The second kappa shape index (κ2) is 8.92. The first-order valence-corrected chi connectivity index (χ1v) is 11.4. The number of pyridine rings is 1. The molecule has 1 fully saturated rings. The lowest BCUT2D eigenvalue weighted by molar-refractivity contribution is 0.578. The van der Waals surface area contributed by atoms with E-state index >= 15 is 0 Å². The molecule has 0 bridgehead atoms. The van der Waals surface area contributed by atoms with Gasteiger partial charge in [-0.25, -0.2) is 19.3 Å². The number of anilines is 2. The van der Waals surface area contributed by atoms with E-state index in [0.29, 0.717) is 23.9 Å². The van der Waals surface area contributed by atoms with Crippen molar-refractivity contribution in [3.05, 3.63) is 75.1 Å².